The molecule has 0 saturated carbocycles. The van der Waals surface area contributed by atoms with Gasteiger partial charge in [-0.05, 0) is 26.3 Å². The van der Waals surface area contributed by atoms with E-state index in [-0.39, 0.29) is 11.4 Å². The van der Waals surface area contributed by atoms with E-state index in [1.807, 2.05) is 49.1 Å². The Balaban J connectivity index is 2.28. The van der Waals surface area contributed by atoms with E-state index in [4.69, 9.17) is 10.5 Å². The maximum atomic E-state index is 12.8. The second-order valence-corrected chi connectivity index (χ2v) is 5.89. The predicted molar refractivity (Wildman–Crippen MR) is 74.6 cm³/mol. The van der Waals surface area contributed by atoms with E-state index in [1.165, 1.54) is 0 Å². The average molecular weight is 262 g/mol. The van der Waals surface area contributed by atoms with Crippen LogP contribution in [-0.4, -0.2) is 36.1 Å². The van der Waals surface area contributed by atoms with Crippen molar-refractivity contribution in [1.82, 2.24) is 4.90 Å². The number of hydrogen-bond donors (Lipinski definition) is 1. The van der Waals surface area contributed by atoms with E-state index in [9.17, 15) is 4.79 Å². The van der Waals surface area contributed by atoms with Crippen LogP contribution in [0.15, 0.2) is 30.3 Å². The summed E-state index contributed by atoms with van der Waals surface area (Å²) < 4.78 is 5.45. The Morgan fingerprint density at radius 3 is 2.58 bits per heavy atom. The molecule has 1 aromatic rings. The van der Waals surface area contributed by atoms with Gasteiger partial charge >= 0.3 is 0 Å². The third kappa shape index (κ3) is 2.65. The minimum absolute atomic E-state index is 0.0491. The van der Waals surface area contributed by atoms with Crippen LogP contribution in [-0.2, 0) is 15.1 Å². The van der Waals surface area contributed by atoms with E-state index in [2.05, 4.69) is 0 Å². The second kappa shape index (κ2) is 4.94. The highest BCUT2D eigenvalue weighted by Gasteiger charge is 2.42. The lowest BCUT2D eigenvalue weighted by Crippen LogP contribution is -2.62. The van der Waals surface area contributed by atoms with Crippen molar-refractivity contribution in [2.24, 2.45) is 5.73 Å². The van der Waals surface area contributed by atoms with Gasteiger partial charge in [-0.1, -0.05) is 30.3 Å². The Bertz CT molecular complexity index is 454. The van der Waals surface area contributed by atoms with Crippen LogP contribution in [0.25, 0.3) is 0 Å². The van der Waals surface area contributed by atoms with Gasteiger partial charge in [0.1, 0.15) is 5.54 Å². The number of rotatable bonds is 2. The van der Waals surface area contributed by atoms with Crippen molar-refractivity contribution in [1.29, 1.82) is 0 Å². The lowest BCUT2D eigenvalue weighted by atomic mass is 9.89. The van der Waals surface area contributed by atoms with E-state index >= 15 is 0 Å². The zero-order chi connectivity index (χ0) is 14.1. The van der Waals surface area contributed by atoms with Gasteiger partial charge in [0.2, 0.25) is 5.91 Å². The van der Waals surface area contributed by atoms with Crippen molar-refractivity contribution < 1.29 is 9.53 Å². The Labute approximate surface area is 114 Å². The smallest absolute Gasteiger partial charge is 0.247 e. The number of carbonyl (C=O) groups excluding carboxylic acids is 1. The number of ether oxygens (including phenoxy) is 1. The minimum Gasteiger partial charge on any atom is -0.377 e. The molecule has 2 rings (SSSR count). The van der Waals surface area contributed by atoms with Crippen molar-refractivity contribution >= 4 is 5.91 Å². The van der Waals surface area contributed by atoms with Crippen molar-refractivity contribution in [2.45, 2.75) is 31.8 Å². The molecule has 1 fully saturated rings. The molecule has 1 aliphatic rings. The molecule has 1 unspecified atom stereocenters. The van der Waals surface area contributed by atoms with Crippen molar-refractivity contribution in [2.75, 3.05) is 19.8 Å². The number of nitrogens with two attached hydrogens (primary N) is 1. The van der Waals surface area contributed by atoms with Gasteiger partial charge in [-0.3, -0.25) is 4.79 Å². The summed E-state index contributed by atoms with van der Waals surface area (Å²) in [7, 11) is 0. The number of benzene rings is 1. The fourth-order valence-corrected chi connectivity index (χ4v) is 2.42. The predicted octanol–water partition coefficient (Wildman–Crippen LogP) is 1.50. The number of nitrogens with zero attached hydrogens (tertiary/aromatic N) is 1. The van der Waals surface area contributed by atoms with Crippen LogP contribution in [0.4, 0.5) is 0 Å². The molecule has 1 saturated heterocycles. The molecular formula is C15H22N2O2. The summed E-state index contributed by atoms with van der Waals surface area (Å²) in [5.74, 6) is -0.0491. The molecule has 1 atom stereocenters. The van der Waals surface area contributed by atoms with Gasteiger partial charge in [-0.25, -0.2) is 0 Å². The van der Waals surface area contributed by atoms with Crippen molar-refractivity contribution in [3.8, 4) is 0 Å². The Hall–Kier alpha value is -1.39. The van der Waals surface area contributed by atoms with Crippen molar-refractivity contribution in [3.05, 3.63) is 35.9 Å². The van der Waals surface area contributed by atoms with Gasteiger partial charge in [0.15, 0.2) is 0 Å². The van der Waals surface area contributed by atoms with E-state index in [0.717, 1.165) is 5.56 Å². The average Bonchev–Trinajstić information content (AvgIpc) is 2.38. The van der Waals surface area contributed by atoms with Gasteiger partial charge in [-0.2, -0.15) is 0 Å². The fraction of sp³-hybridized carbons (Fsp3) is 0.533. The van der Waals surface area contributed by atoms with E-state index < -0.39 is 5.54 Å². The first-order valence-electron chi connectivity index (χ1n) is 6.60. The molecule has 0 radical (unpaired) electrons. The highest BCUT2D eigenvalue weighted by Crippen LogP contribution is 2.27. The minimum atomic E-state index is -1.00. The van der Waals surface area contributed by atoms with Gasteiger partial charge in [0.25, 0.3) is 0 Å². The molecule has 2 N–H and O–H groups in total. The fourth-order valence-electron chi connectivity index (χ4n) is 2.42. The maximum Gasteiger partial charge on any atom is 0.247 e. The van der Waals surface area contributed by atoms with Crippen LogP contribution < -0.4 is 5.73 Å². The van der Waals surface area contributed by atoms with Crippen molar-refractivity contribution in [3.63, 3.8) is 0 Å². The van der Waals surface area contributed by atoms with Crippen LogP contribution in [0, 0.1) is 0 Å². The summed E-state index contributed by atoms with van der Waals surface area (Å²) in [4.78, 5) is 14.6. The summed E-state index contributed by atoms with van der Waals surface area (Å²) in [5, 5.41) is 0. The first kappa shape index (κ1) is 14.0. The molecular weight excluding hydrogens is 240 g/mol. The van der Waals surface area contributed by atoms with Gasteiger partial charge in [0, 0.05) is 6.54 Å². The third-order valence-electron chi connectivity index (χ3n) is 3.71. The van der Waals surface area contributed by atoms with Crippen LogP contribution in [0.5, 0.6) is 0 Å². The lowest BCUT2D eigenvalue weighted by molar-refractivity contribution is -0.152. The Morgan fingerprint density at radius 2 is 2.00 bits per heavy atom. The molecule has 1 aromatic carbocycles. The molecule has 0 bridgehead atoms. The number of hydrogen-bond acceptors (Lipinski definition) is 3. The summed E-state index contributed by atoms with van der Waals surface area (Å²) in [6.45, 7) is 7.49. The number of carbonyl (C=O) groups is 1. The topological polar surface area (TPSA) is 55.6 Å². The van der Waals surface area contributed by atoms with Crippen LogP contribution >= 0.6 is 0 Å². The zero-order valence-corrected chi connectivity index (χ0v) is 11.8. The summed E-state index contributed by atoms with van der Waals surface area (Å²) in [5.41, 5.74) is 5.82. The molecule has 0 aliphatic carbocycles. The molecule has 0 spiro atoms. The Kier molecular flexibility index (Phi) is 3.65. The number of amides is 1. The summed E-state index contributed by atoms with van der Waals surface area (Å²) in [6.07, 6.45) is 0. The second-order valence-electron chi connectivity index (χ2n) is 5.89. The normalized spacial score (nSPS) is 21.8. The molecule has 4 nitrogen and oxygen atoms in total. The first-order chi connectivity index (χ1) is 8.86. The molecule has 4 heteroatoms. The molecule has 1 aliphatic heterocycles. The van der Waals surface area contributed by atoms with Crippen LogP contribution in [0.1, 0.15) is 26.3 Å². The zero-order valence-electron chi connectivity index (χ0n) is 11.8. The molecule has 19 heavy (non-hydrogen) atoms. The Morgan fingerprint density at radius 1 is 1.37 bits per heavy atom. The van der Waals surface area contributed by atoms with E-state index in [0.29, 0.717) is 19.8 Å². The molecule has 0 aromatic heterocycles. The lowest BCUT2D eigenvalue weighted by Gasteiger charge is -2.45. The monoisotopic (exact) mass is 262 g/mol. The first-order valence-corrected chi connectivity index (χ1v) is 6.60. The largest absolute Gasteiger partial charge is 0.377 e. The van der Waals surface area contributed by atoms with Crippen LogP contribution in [0.2, 0.25) is 0 Å². The van der Waals surface area contributed by atoms with Gasteiger partial charge in [-0.15, -0.1) is 0 Å². The number of morpholine rings is 1. The van der Waals surface area contributed by atoms with E-state index in [1.54, 1.807) is 6.92 Å². The molecule has 1 heterocycles. The summed E-state index contributed by atoms with van der Waals surface area (Å²) >= 11 is 0. The van der Waals surface area contributed by atoms with Gasteiger partial charge in [0.05, 0.1) is 18.8 Å². The summed E-state index contributed by atoms with van der Waals surface area (Å²) in [6, 6.07) is 9.51. The highest BCUT2D eigenvalue weighted by molar-refractivity contribution is 5.87. The molecule has 1 amide bonds. The maximum absolute atomic E-state index is 12.8. The third-order valence-corrected chi connectivity index (χ3v) is 3.71. The van der Waals surface area contributed by atoms with Crippen LogP contribution in [0.3, 0.4) is 0 Å². The standard InChI is InChI=1S/C15H22N2O2/c1-14(2)11-19-10-9-17(14)13(18)15(3,16)12-7-5-4-6-8-12/h4-8H,9-11,16H2,1-3H3. The quantitative estimate of drug-likeness (QED) is 0.878. The van der Waals surface area contributed by atoms with Gasteiger partial charge < -0.3 is 15.4 Å². The molecule has 104 valence electrons. The highest BCUT2D eigenvalue weighted by atomic mass is 16.5. The SMILES string of the molecule is CC(N)(C(=O)N1CCOCC1(C)C)c1ccccc1.